The van der Waals surface area contributed by atoms with E-state index < -0.39 is 5.91 Å². The number of amides is 3. The number of primary amides is 1. The number of benzene rings is 2. The molecule has 3 amide bonds. The molecule has 1 aliphatic heterocycles. The Balaban J connectivity index is 1.70. The van der Waals surface area contributed by atoms with E-state index in [1.165, 1.54) is 4.90 Å². The summed E-state index contributed by atoms with van der Waals surface area (Å²) in [5, 5.41) is -0.286. The number of rotatable bonds is 6. The van der Waals surface area contributed by atoms with Crippen LogP contribution >= 0.6 is 34.4 Å². The fourth-order valence-corrected chi connectivity index (χ4v) is 3.57. The highest BCUT2D eigenvalue weighted by Gasteiger charge is 2.34. The molecule has 3 rings (SSSR count). The minimum Gasteiger partial charge on any atom is -0.484 e. The van der Waals surface area contributed by atoms with Gasteiger partial charge in [-0.2, -0.15) is 0 Å². The monoisotopic (exact) mass is 494 g/mol. The molecular weight excluding hydrogens is 479 g/mol. The Morgan fingerprint density at radius 3 is 2.41 bits per heavy atom. The summed E-state index contributed by atoms with van der Waals surface area (Å²) in [6.07, 6.45) is 1.66. The number of thioether (sulfide) groups is 1. The van der Waals surface area contributed by atoms with Gasteiger partial charge in [-0.1, -0.05) is 24.3 Å². The van der Waals surface area contributed by atoms with Crippen LogP contribution in [0.1, 0.15) is 11.1 Å². The molecule has 1 aliphatic rings. The number of hydrogen-bond acceptors (Lipinski definition) is 5. The van der Waals surface area contributed by atoms with Gasteiger partial charge in [0.05, 0.1) is 11.4 Å². The Morgan fingerprint density at radius 2 is 1.78 bits per heavy atom. The van der Waals surface area contributed by atoms with E-state index in [0.717, 1.165) is 26.5 Å². The first-order valence-corrected chi connectivity index (χ1v) is 9.83. The number of hydrogen-bond donors (Lipinski definition) is 1. The van der Waals surface area contributed by atoms with Crippen LogP contribution in [0.4, 0.5) is 4.79 Å². The zero-order valence-electron chi connectivity index (χ0n) is 14.1. The summed E-state index contributed by atoms with van der Waals surface area (Å²) in [6.45, 7) is 0.0512. The topological polar surface area (TPSA) is 89.7 Å². The number of ether oxygens (including phenoxy) is 1. The van der Waals surface area contributed by atoms with Crippen molar-refractivity contribution in [3.05, 3.63) is 68.1 Å². The van der Waals surface area contributed by atoms with E-state index in [-0.39, 0.29) is 24.3 Å². The number of halogens is 1. The quantitative estimate of drug-likeness (QED) is 0.492. The lowest BCUT2D eigenvalue weighted by molar-refractivity contribution is -0.123. The molecule has 1 fully saturated rings. The van der Waals surface area contributed by atoms with Gasteiger partial charge < -0.3 is 10.5 Å². The van der Waals surface area contributed by atoms with Gasteiger partial charge in [-0.15, -0.1) is 0 Å². The van der Waals surface area contributed by atoms with Crippen molar-refractivity contribution < 1.29 is 19.1 Å². The van der Waals surface area contributed by atoms with Gasteiger partial charge >= 0.3 is 0 Å². The second-order valence-electron chi connectivity index (χ2n) is 5.72. The average Bonchev–Trinajstić information content (AvgIpc) is 2.90. The maximum Gasteiger partial charge on any atom is 0.293 e. The van der Waals surface area contributed by atoms with Crippen molar-refractivity contribution in [3.8, 4) is 5.75 Å². The minimum absolute atomic E-state index is 0.198. The van der Waals surface area contributed by atoms with Gasteiger partial charge in [0.25, 0.3) is 17.1 Å². The molecule has 0 aromatic heterocycles. The summed E-state index contributed by atoms with van der Waals surface area (Å²) in [7, 11) is 0. The van der Waals surface area contributed by atoms with Crippen LogP contribution in [0.25, 0.3) is 6.08 Å². The molecule has 2 aromatic carbocycles. The van der Waals surface area contributed by atoms with Crippen LogP contribution in [-0.4, -0.2) is 28.6 Å². The van der Waals surface area contributed by atoms with E-state index in [4.69, 9.17) is 10.5 Å². The van der Waals surface area contributed by atoms with Gasteiger partial charge in [0, 0.05) is 3.57 Å². The number of imide groups is 1. The van der Waals surface area contributed by atoms with E-state index in [1.807, 2.05) is 24.3 Å². The highest BCUT2D eigenvalue weighted by molar-refractivity contribution is 14.1. The van der Waals surface area contributed by atoms with Crippen LogP contribution in [0.2, 0.25) is 0 Å². The maximum absolute atomic E-state index is 12.6. The maximum atomic E-state index is 12.6. The van der Waals surface area contributed by atoms with Crippen molar-refractivity contribution in [1.29, 1.82) is 0 Å². The molecule has 1 saturated heterocycles. The molecule has 2 N–H and O–H groups in total. The second-order valence-corrected chi connectivity index (χ2v) is 7.96. The third-order valence-corrected chi connectivity index (χ3v) is 5.31. The molecule has 0 bridgehead atoms. The highest BCUT2D eigenvalue weighted by Crippen LogP contribution is 2.33. The van der Waals surface area contributed by atoms with Crippen LogP contribution in [-0.2, 0) is 16.1 Å². The third-order valence-electron chi connectivity index (χ3n) is 3.69. The SMILES string of the molecule is NC(=O)COc1ccc(/C=C2\SC(=O)N(Cc3ccc(I)cc3)C2=O)cc1. The molecule has 0 aliphatic carbocycles. The Bertz CT molecular complexity index is 910. The summed E-state index contributed by atoms with van der Waals surface area (Å²) in [5.74, 6) is -0.365. The van der Waals surface area contributed by atoms with E-state index >= 15 is 0 Å². The standard InChI is InChI=1S/C19H15IN2O4S/c20-14-5-1-13(2-6-14)10-22-18(24)16(27-19(22)25)9-12-3-7-15(8-4-12)26-11-17(21)23/h1-9H,10-11H2,(H2,21,23)/b16-9-. The number of nitrogens with zero attached hydrogens (tertiary/aromatic N) is 1. The number of carbonyl (C=O) groups is 3. The highest BCUT2D eigenvalue weighted by atomic mass is 127. The first kappa shape index (κ1) is 19.4. The molecule has 27 heavy (non-hydrogen) atoms. The zero-order valence-corrected chi connectivity index (χ0v) is 17.0. The van der Waals surface area contributed by atoms with Gasteiger partial charge in [-0.3, -0.25) is 19.3 Å². The summed E-state index contributed by atoms with van der Waals surface area (Å²) in [4.78, 5) is 37.1. The van der Waals surface area contributed by atoms with E-state index in [2.05, 4.69) is 22.6 Å². The minimum atomic E-state index is -0.555. The smallest absolute Gasteiger partial charge is 0.293 e. The summed E-state index contributed by atoms with van der Waals surface area (Å²) < 4.78 is 6.28. The fraction of sp³-hybridized carbons (Fsp3) is 0.105. The molecule has 138 valence electrons. The molecule has 0 unspecified atom stereocenters. The van der Waals surface area contributed by atoms with Crippen molar-refractivity contribution in [1.82, 2.24) is 4.90 Å². The van der Waals surface area contributed by atoms with Gasteiger partial charge in [-0.25, -0.2) is 0 Å². The number of carbonyl (C=O) groups excluding carboxylic acids is 3. The summed E-state index contributed by atoms with van der Waals surface area (Å²) >= 11 is 3.12. The van der Waals surface area contributed by atoms with Crippen LogP contribution in [0.3, 0.4) is 0 Å². The largest absolute Gasteiger partial charge is 0.484 e. The van der Waals surface area contributed by atoms with Crippen LogP contribution in [0.15, 0.2) is 53.4 Å². The van der Waals surface area contributed by atoms with Crippen LogP contribution in [0.5, 0.6) is 5.75 Å². The van der Waals surface area contributed by atoms with Crippen LogP contribution in [0, 0.1) is 3.57 Å². The predicted octanol–water partition coefficient (Wildman–Crippen LogP) is 3.39. The van der Waals surface area contributed by atoms with Crippen molar-refractivity contribution >= 4 is 57.5 Å². The molecule has 8 heteroatoms. The molecular formula is C19H15IN2O4S. The average molecular weight is 494 g/mol. The first-order valence-electron chi connectivity index (χ1n) is 7.93. The third kappa shape index (κ3) is 5.10. The van der Waals surface area contributed by atoms with Crippen molar-refractivity contribution in [2.45, 2.75) is 6.54 Å². The fourth-order valence-electron chi connectivity index (χ4n) is 2.37. The molecule has 6 nitrogen and oxygen atoms in total. The molecule has 0 saturated carbocycles. The number of nitrogens with two attached hydrogens (primary N) is 1. The van der Waals surface area contributed by atoms with E-state index in [9.17, 15) is 14.4 Å². The second kappa shape index (κ2) is 8.57. The molecule has 2 aromatic rings. The van der Waals surface area contributed by atoms with Gasteiger partial charge in [0.1, 0.15) is 5.75 Å². The van der Waals surface area contributed by atoms with Crippen molar-refractivity contribution in [2.75, 3.05) is 6.61 Å². The lowest BCUT2D eigenvalue weighted by atomic mass is 10.2. The van der Waals surface area contributed by atoms with E-state index in [0.29, 0.717) is 10.7 Å². The van der Waals surface area contributed by atoms with Gasteiger partial charge in [-0.05, 0) is 75.8 Å². The van der Waals surface area contributed by atoms with Gasteiger partial charge in [0.2, 0.25) is 0 Å². The Hall–Kier alpha value is -2.33. The molecule has 1 heterocycles. The Morgan fingerprint density at radius 1 is 1.11 bits per heavy atom. The molecule has 0 atom stereocenters. The lowest BCUT2D eigenvalue weighted by Gasteiger charge is -2.12. The van der Waals surface area contributed by atoms with E-state index in [1.54, 1.807) is 30.3 Å². The predicted molar refractivity (Wildman–Crippen MR) is 112 cm³/mol. The normalized spacial score (nSPS) is 15.4. The Kier molecular flexibility index (Phi) is 6.17. The summed E-state index contributed by atoms with van der Waals surface area (Å²) in [6, 6.07) is 14.5. The summed E-state index contributed by atoms with van der Waals surface area (Å²) in [5.41, 5.74) is 6.68. The zero-order chi connectivity index (χ0) is 19.4. The van der Waals surface area contributed by atoms with Crippen LogP contribution < -0.4 is 10.5 Å². The lowest BCUT2D eigenvalue weighted by Crippen LogP contribution is -2.27. The van der Waals surface area contributed by atoms with Crippen molar-refractivity contribution in [2.24, 2.45) is 5.73 Å². The van der Waals surface area contributed by atoms with Gasteiger partial charge in [0.15, 0.2) is 6.61 Å². The first-order chi connectivity index (χ1) is 12.9. The molecule has 0 spiro atoms. The molecule has 0 radical (unpaired) electrons. The Labute approximate surface area is 173 Å². The van der Waals surface area contributed by atoms with Crippen molar-refractivity contribution in [3.63, 3.8) is 0 Å².